The van der Waals surface area contributed by atoms with Gasteiger partial charge in [0.2, 0.25) is 0 Å². The molecular formula is C30H27N3. The van der Waals surface area contributed by atoms with Gasteiger partial charge >= 0.3 is 0 Å². The maximum atomic E-state index is 5.29. The molecule has 0 saturated heterocycles. The number of imidazole rings is 1. The van der Waals surface area contributed by atoms with E-state index >= 15 is 0 Å². The van der Waals surface area contributed by atoms with Gasteiger partial charge in [0.15, 0.2) is 0 Å². The molecule has 3 heteroatoms. The molecule has 0 aliphatic heterocycles. The van der Waals surface area contributed by atoms with Gasteiger partial charge in [-0.2, -0.15) is 0 Å². The topological polar surface area (TPSA) is 30.2 Å². The molecule has 0 N–H and O–H groups in total. The highest BCUT2D eigenvalue weighted by Crippen LogP contribution is 2.38. The lowest BCUT2D eigenvalue weighted by atomic mass is 9.87. The maximum Gasteiger partial charge on any atom is 0.146 e. The van der Waals surface area contributed by atoms with Crippen molar-refractivity contribution in [3.05, 3.63) is 90.3 Å². The molecule has 0 aliphatic carbocycles. The van der Waals surface area contributed by atoms with E-state index in [0.29, 0.717) is 11.8 Å². The van der Waals surface area contributed by atoms with Crippen LogP contribution in [0.4, 0.5) is 0 Å². The van der Waals surface area contributed by atoms with Crippen molar-refractivity contribution >= 4 is 38.2 Å². The van der Waals surface area contributed by atoms with Crippen LogP contribution < -0.4 is 0 Å². The summed E-state index contributed by atoms with van der Waals surface area (Å²) in [7, 11) is 0. The van der Waals surface area contributed by atoms with E-state index in [-0.39, 0.29) is 0 Å². The van der Waals surface area contributed by atoms with Gasteiger partial charge in [-0.3, -0.25) is 9.38 Å². The van der Waals surface area contributed by atoms with Crippen LogP contribution in [-0.2, 0) is 0 Å². The maximum absolute atomic E-state index is 5.29. The molecule has 0 fully saturated rings. The van der Waals surface area contributed by atoms with Crippen LogP contribution in [0.2, 0.25) is 0 Å². The fourth-order valence-electron chi connectivity index (χ4n) is 5.18. The monoisotopic (exact) mass is 429 g/mol. The SMILES string of the molecule is CC(C)c1cccc(C(C)C)c1-c1cn2c(n1)c1ccccc1c1ncc3ccccc3c12. The van der Waals surface area contributed by atoms with Crippen molar-refractivity contribution in [2.75, 3.05) is 0 Å². The Hall–Kier alpha value is -3.72. The summed E-state index contributed by atoms with van der Waals surface area (Å²) in [5, 5.41) is 4.61. The summed E-state index contributed by atoms with van der Waals surface area (Å²) < 4.78 is 2.27. The Bertz CT molecular complexity index is 1640. The molecule has 6 rings (SSSR count). The number of hydrogen-bond donors (Lipinski definition) is 0. The third kappa shape index (κ3) is 2.96. The quantitative estimate of drug-likeness (QED) is 0.266. The fourth-order valence-corrected chi connectivity index (χ4v) is 5.18. The first kappa shape index (κ1) is 19.9. The minimum Gasteiger partial charge on any atom is -0.296 e. The molecular weight excluding hydrogens is 402 g/mol. The molecule has 3 aromatic carbocycles. The van der Waals surface area contributed by atoms with Gasteiger partial charge in [-0.1, -0.05) is 94.4 Å². The zero-order valence-electron chi connectivity index (χ0n) is 19.5. The second-order valence-corrected chi connectivity index (χ2v) is 9.53. The van der Waals surface area contributed by atoms with Crippen molar-refractivity contribution in [2.45, 2.75) is 39.5 Å². The molecule has 0 unspecified atom stereocenters. The number of benzene rings is 3. The summed E-state index contributed by atoms with van der Waals surface area (Å²) in [5.74, 6) is 0.832. The number of hydrogen-bond acceptors (Lipinski definition) is 2. The van der Waals surface area contributed by atoms with Crippen LogP contribution in [0.3, 0.4) is 0 Å². The Kier molecular flexibility index (Phi) is 4.48. The van der Waals surface area contributed by atoms with E-state index in [2.05, 4.69) is 105 Å². The summed E-state index contributed by atoms with van der Waals surface area (Å²) in [6.45, 7) is 9.06. The van der Waals surface area contributed by atoms with Crippen molar-refractivity contribution in [2.24, 2.45) is 0 Å². The fraction of sp³-hybridized carbons (Fsp3) is 0.200. The van der Waals surface area contributed by atoms with Gasteiger partial charge in [0.05, 0.1) is 16.7 Å². The third-order valence-electron chi connectivity index (χ3n) is 6.77. The number of aromatic nitrogens is 3. The zero-order valence-corrected chi connectivity index (χ0v) is 19.5. The van der Waals surface area contributed by atoms with E-state index in [1.165, 1.54) is 22.1 Å². The van der Waals surface area contributed by atoms with E-state index in [0.717, 1.165) is 38.5 Å². The molecule has 33 heavy (non-hydrogen) atoms. The first-order valence-electron chi connectivity index (χ1n) is 11.7. The van der Waals surface area contributed by atoms with Crippen LogP contribution in [-0.4, -0.2) is 14.4 Å². The zero-order chi connectivity index (χ0) is 22.7. The molecule has 3 nitrogen and oxygen atoms in total. The summed E-state index contributed by atoms with van der Waals surface area (Å²) in [4.78, 5) is 10.2. The van der Waals surface area contributed by atoms with E-state index in [4.69, 9.17) is 9.97 Å². The molecule has 3 heterocycles. The second-order valence-electron chi connectivity index (χ2n) is 9.53. The van der Waals surface area contributed by atoms with Gasteiger partial charge in [-0.25, -0.2) is 4.98 Å². The van der Waals surface area contributed by atoms with Gasteiger partial charge in [-0.15, -0.1) is 0 Å². The third-order valence-corrected chi connectivity index (χ3v) is 6.77. The minimum atomic E-state index is 0.416. The van der Waals surface area contributed by atoms with Crippen molar-refractivity contribution in [3.63, 3.8) is 0 Å². The minimum absolute atomic E-state index is 0.416. The van der Waals surface area contributed by atoms with Crippen molar-refractivity contribution in [1.29, 1.82) is 0 Å². The van der Waals surface area contributed by atoms with Gasteiger partial charge in [0, 0.05) is 39.5 Å². The summed E-state index contributed by atoms with van der Waals surface area (Å²) >= 11 is 0. The Morgan fingerprint density at radius 2 is 1.33 bits per heavy atom. The average Bonchev–Trinajstić information content (AvgIpc) is 3.28. The summed E-state index contributed by atoms with van der Waals surface area (Å²) in [6, 6.07) is 23.7. The average molecular weight is 430 g/mol. The molecule has 162 valence electrons. The number of pyridine rings is 2. The Morgan fingerprint density at radius 1 is 0.697 bits per heavy atom. The van der Waals surface area contributed by atoms with Gasteiger partial charge < -0.3 is 0 Å². The van der Waals surface area contributed by atoms with E-state index in [1.54, 1.807) is 0 Å². The van der Waals surface area contributed by atoms with Crippen molar-refractivity contribution < 1.29 is 0 Å². The molecule has 0 amide bonds. The Morgan fingerprint density at radius 3 is 2.03 bits per heavy atom. The van der Waals surface area contributed by atoms with E-state index < -0.39 is 0 Å². The molecule has 0 bridgehead atoms. The highest BCUT2D eigenvalue weighted by molar-refractivity contribution is 6.17. The van der Waals surface area contributed by atoms with E-state index in [9.17, 15) is 0 Å². The van der Waals surface area contributed by atoms with E-state index in [1.807, 2.05) is 6.20 Å². The van der Waals surface area contributed by atoms with Crippen molar-refractivity contribution in [3.8, 4) is 11.3 Å². The molecule has 0 saturated carbocycles. The van der Waals surface area contributed by atoms with Crippen molar-refractivity contribution in [1.82, 2.24) is 14.4 Å². The summed E-state index contributed by atoms with van der Waals surface area (Å²) in [5.41, 5.74) is 8.13. The highest BCUT2D eigenvalue weighted by atomic mass is 15.0. The predicted octanol–water partition coefficient (Wildman–Crippen LogP) is 8.10. The lowest BCUT2D eigenvalue weighted by molar-refractivity contribution is 0.837. The lowest BCUT2D eigenvalue weighted by Crippen LogP contribution is -1.99. The molecule has 3 aromatic heterocycles. The normalized spacial score (nSPS) is 12.2. The van der Waals surface area contributed by atoms with Crippen LogP contribution in [0, 0.1) is 0 Å². The summed E-state index contributed by atoms with van der Waals surface area (Å²) in [6.07, 6.45) is 4.21. The highest BCUT2D eigenvalue weighted by Gasteiger charge is 2.20. The first-order chi connectivity index (χ1) is 16.0. The standard InChI is InChI=1S/C30H27N3/c1-18(2)21-14-9-15-22(19(3)4)27(21)26-17-33-29-23-11-6-5-10-20(23)16-31-28(29)24-12-7-8-13-25(24)30(33)32-26/h5-19H,1-4H3. The smallest absolute Gasteiger partial charge is 0.146 e. The largest absolute Gasteiger partial charge is 0.296 e. The molecule has 6 aromatic rings. The molecule has 0 aliphatic rings. The Labute approximate surface area is 193 Å². The number of fused-ring (bicyclic) bond motifs is 8. The molecule has 0 spiro atoms. The van der Waals surface area contributed by atoms with Gasteiger partial charge in [0.1, 0.15) is 5.65 Å². The van der Waals surface area contributed by atoms with Gasteiger partial charge in [0.25, 0.3) is 0 Å². The van der Waals surface area contributed by atoms with Crippen LogP contribution in [0.15, 0.2) is 79.1 Å². The van der Waals surface area contributed by atoms with Crippen LogP contribution >= 0.6 is 0 Å². The number of nitrogens with zero attached hydrogens (tertiary/aromatic N) is 3. The first-order valence-corrected chi connectivity index (χ1v) is 11.7. The second kappa shape index (κ2) is 7.41. The van der Waals surface area contributed by atoms with Crippen LogP contribution in [0.1, 0.15) is 50.7 Å². The predicted molar refractivity (Wildman–Crippen MR) is 139 cm³/mol. The Balaban J connectivity index is 1.82. The van der Waals surface area contributed by atoms with Crippen LogP contribution in [0.5, 0.6) is 0 Å². The van der Waals surface area contributed by atoms with Gasteiger partial charge in [-0.05, 0) is 23.0 Å². The molecule has 0 atom stereocenters. The molecule has 0 radical (unpaired) electrons. The number of rotatable bonds is 3. The lowest BCUT2D eigenvalue weighted by Gasteiger charge is -2.18. The van der Waals surface area contributed by atoms with Crippen LogP contribution in [0.25, 0.3) is 49.5 Å².